The zero-order valence-electron chi connectivity index (χ0n) is 9.24. The Morgan fingerprint density at radius 1 is 0.706 bits per heavy atom. The van der Waals surface area contributed by atoms with E-state index in [1.165, 1.54) is 11.1 Å². The first kappa shape index (κ1) is 11.5. The zero-order valence-corrected chi connectivity index (χ0v) is 12.4. The lowest BCUT2D eigenvalue weighted by atomic mass is 9.88. The average molecular weight is 352 g/mol. The number of benzene rings is 2. The van der Waals surface area contributed by atoms with Crippen molar-refractivity contribution in [2.45, 2.75) is 15.1 Å². The largest absolute Gasteiger partial charge is 0.0955 e. The SMILES string of the molecule is BrC1(Br)CC1(c1ccccc1)c1ccccc1. The topological polar surface area (TPSA) is 0 Å². The van der Waals surface area contributed by atoms with Gasteiger partial charge in [0, 0.05) is 5.41 Å². The van der Waals surface area contributed by atoms with Gasteiger partial charge in [0.1, 0.15) is 0 Å². The van der Waals surface area contributed by atoms with E-state index >= 15 is 0 Å². The second-order valence-corrected chi connectivity index (χ2v) is 8.29. The summed E-state index contributed by atoms with van der Waals surface area (Å²) in [5.74, 6) is 0. The van der Waals surface area contributed by atoms with Gasteiger partial charge in [-0.1, -0.05) is 92.5 Å². The lowest BCUT2D eigenvalue weighted by Crippen LogP contribution is -2.15. The number of hydrogen-bond acceptors (Lipinski definition) is 0. The smallest absolute Gasteiger partial charge is 0.0713 e. The molecule has 0 nitrogen and oxygen atoms in total. The summed E-state index contributed by atoms with van der Waals surface area (Å²) in [6, 6.07) is 21.4. The Morgan fingerprint density at radius 3 is 1.35 bits per heavy atom. The van der Waals surface area contributed by atoms with Crippen molar-refractivity contribution in [3.8, 4) is 0 Å². The molecule has 0 heterocycles. The maximum absolute atomic E-state index is 3.80. The van der Waals surface area contributed by atoms with Crippen LogP contribution in [0.5, 0.6) is 0 Å². The van der Waals surface area contributed by atoms with E-state index in [0.717, 1.165) is 6.42 Å². The molecule has 2 aromatic carbocycles. The van der Waals surface area contributed by atoms with Crippen molar-refractivity contribution >= 4 is 31.9 Å². The van der Waals surface area contributed by atoms with Gasteiger partial charge in [0.05, 0.1) is 3.23 Å². The molecule has 2 heteroatoms. The summed E-state index contributed by atoms with van der Waals surface area (Å²) in [4.78, 5) is 0. The fourth-order valence-corrected chi connectivity index (χ4v) is 4.28. The number of hydrogen-bond donors (Lipinski definition) is 0. The van der Waals surface area contributed by atoms with Gasteiger partial charge >= 0.3 is 0 Å². The van der Waals surface area contributed by atoms with Gasteiger partial charge in [-0.25, -0.2) is 0 Å². The van der Waals surface area contributed by atoms with Gasteiger partial charge < -0.3 is 0 Å². The first-order valence-corrected chi connectivity index (χ1v) is 7.24. The highest BCUT2D eigenvalue weighted by molar-refractivity contribution is 9.25. The quantitative estimate of drug-likeness (QED) is 0.677. The molecule has 2 aromatic rings. The van der Waals surface area contributed by atoms with Crippen LogP contribution in [0.3, 0.4) is 0 Å². The van der Waals surface area contributed by atoms with E-state index in [1.54, 1.807) is 0 Å². The molecule has 0 N–H and O–H groups in total. The molecule has 0 radical (unpaired) electrons. The normalized spacial score (nSPS) is 19.9. The van der Waals surface area contributed by atoms with Gasteiger partial charge in [-0.05, 0) is 17.5 Å². The van der Waals surface area contributed by atoms with Crippen LogP contribution in [0.25, 0.3) is 0 Å². The zero-order chi connectivity index (χ0) is 11.9. The predicted molar refractivity (Wildman–Crippen MR) is 78.9 cm³/mol. The third kappa shape index (κ3) is 1.69. The molecule has 0 amide bonds. The van der Waals surface area contributed by atoms with Crippen LogP contribution in [0.1, 0.15) is 17.5 Å². The summed E-state index contributed by atoms with van der Waals surface area (Å²) < 4.78 is -0.00426. The van der Waals surface area contributed by atoms with Crippen LogP contribution in [-0.2, 0) is 5.41 Å². The molecule has 17 heavy (non-hydrogen) atoms. The van der Waals surface area contributed by atoms with Gasteiger partial charge in [0.2, 0.25) is 0 Å². The summed E-state index contributed by atoms with van der Waals surface area (Å²) in [7, 11) is 0. The Bertz CT molecular complexity index is 478. The Hall–Kier alpha value is -0.600. The van der Waals surface area contributed by atoms with Crippen molar-refractivity contribution in [3.63, 3.8) is 0 Å². The lowest BCUT2D eigenvalue weighted by molar-refractivity contribution is 0.846. The van der Waals surface area contributed by atoms with E-state index < -0.39 is 0 Å². The van der Waals surface area contributed by atoms with E-state index in [0.29, 0.717) is 0 Å². The third-order valence-corrected chi connectivity index (χ3v) is 5.43. The summed E-state index contributed by atoms with van der Waals surface area (Å²) in [6.45, 7) is 0. The lowest BCUT2D eigenvalue weighted by Gasteiger charge is -2.19. The van der Waals surface area contributed by atoms with Gasteiger partial charge in [-0.2, -0.15) is 0 Å². The van der Waals surface area contributed by atoms with Crippen molar-refractivity contribution in [2.24, 2.45) is 0 Å². The van der Waals surface area contributed by atoms with Gasteiger partial charge in [-0.15, -0.1) is 0 Å². The van der Waals surface area contributed by atoms with E-state index in [-0.39, 0.29) is 8.65 Å². The maximum atomic E-state index is 3.80. The van der Waals surface area contributed by atoms with Crippen LogP contribution in [0.2, 0.25) is 0 Å². The minimum absolute atomic E-state index is 0.00426. The standard InChI is InChI=1S/C15H12Br2/c16-15(17)11-14(15,12-7-3-1-4-8-12)13-9-5-2-6-10-13/h1-10H,11H2. The Morgan fingerprint density at radius 2 is 1.06 bits per heavy atom. The highest BCUT2D eigenvalue weighted by Crippen LogP contribution is 2.70. The van der Waals surface area contributed by atoms with Crippen molar-refractivity contribution in [1.82, 2.24) is 0 Å². The molecule has 1 aliphatic carbocycles. The number of halogens is 2. The molecule has 0 aliphatic heterocycles. The predicted octanol–water partition coefficient (Wildman–Crippen LogP) is 4.86. The molecule has 0 atom stereocenters. The molecular formula is C15H12Br2. The molecule has 1 aliphatic rings. The van der Waals surface area contributed by atoms with Gasteiger partial charge in [0.25, 0.3) is 0 Å². The molecule has 86 valence electrons. The molecular weight excluding hydrogens is 340 g/mol. The first-order valence-electron chi connectivity index (χ1n) is 5.66. The monoisotopic (exact) mass is 350 g/mol. The highest BCUT2D eigenvalue weighted by atomic mass is 79.9. The third-order valence-electron chi connectivity index (χ3n) is 3.52. The Balaban J connectivity index is 2.15. The average Bonchev–Trinajstić information content (AvgIpc) is 2.96. The fourth-order valence-electron chi connectivity index (χ4n) is 2.53. The molecule has 0 saturated heterocycles. The number of rotatable bonds is 2. The summed E-state index contributed by atoms with van der Waals surface area (Å²) in [5, 5.41) is 0. The Labute approximate surface area is 118 Å². The van der Waals surface area contributed by atoms with Crippen molar-refractivity contribution in [2.75, 3.05) is 0 Å². The minimum atomic E-state index is -0.00426. The summed E-state index contributed by atoms with van der Waals surface area (Å²) in [5.41, 5.74) is 2.79. The van der Waals surface area contributed by atoms with Gasteiger partial charge in [-0.3, -0.25) is 0 Å². The summed E-state index contributed by atoms with van der Waals surface area (Å²) in [6.07, 6.45) is 1.08. The molecule has 1 fully saturated rings. The second kappa shape index (κ2) is 3.96. The van der Waals surface area contributed by atoms with Crippen LogP contribution in [-0.4, -0.2) is 3.23 Å². The minimum Gasteiger partial charge on any atom is -0.0713 e. The molecule has 0 aromatic heterocycles. The van der Waals surface area contributed by atoms with E-state index in [1.807, 2.05) is 0 Å². The van der Waals surface area contributed by atoms with E-state index in [2.05, 4.69) is 92.5 Å². The van der Waals surface area contributed by atoms with E-state index in [9.17, 15) is 0 Å². The molecule has 0 spiro atoms. The van der Waals surface area contributed by atoms with Crippen molar-refractivity contribution in [1.29, 1.82) is 0 Å². The van der Waals surface area contributed by atoms with Crippen LogP contribution in [0.4, 0.5) is 0 Å². The first-order chi connectivity index (χ1) is 8.17. The molecule has 3 rings (SSSR count). The molecule has 0 bridgehead atoms. The fraction of sp³-hybridized carbons (Fsp3) is 0.200. The van der Waals surface area contributed by atoms with E-state index in [4.69, 9.17) is 0 Å². The summed E-state index contributed by atoms with van der Waals surface area (Å²) >= 11 is 7.60. The molecule has 0 unspecified atom stereocenters. The van der Waals surface area contributed by atoms with Gasteiger partial charge in [0.15, 0.2) is 0 Å². The van der Waals surface area contributed by atoms with Crippen LogP contribution < -0.4 is 0 Å². The van der Waals surface area contributed by atoms with Crippen LogP contribution in [0, 0.1) is 0 Å². The number of alkyl halides is 2. The van der Waals surface area contributed by atoms with Crippen molar-refractivity contribution in [3.05, 3.63) is 71.8 Å². The highest BCUT2D eigenvalue weighted by Gasteiger charge is 2.66. The van der Waals surface area contributed by atoms with Crippen LogP contribution in [0.15, 0.2) is 60.7 Å². The Kier molecular flexibility index (Phi) is 2.68. The maximum Gasteiger partial charge on any atom is 0.0955 e. The van der Waals surface area contributed by atoms with Crippen LogP contribution >= 0.6 is 31.9 Å². The molecule has 1 saturated carbocycles. The second-order valence-electron chi connectivity index (χ2n) is 4.52. The van der Waals surface area contributed by atoms with Crippen molar-refractivity contribution < 1.29 is 0 Å².